The van der Waals surface area contributed by atoms with Crippen LogP contribution < -0.4 is 30.8 Å². The second-order valence-electron chi connectivity index (χ2n) is 11.8. The van der Waals surface area contributed by atoms with Crippen LogP contribution in [0.4, 0.5) is 10.1 Å². The van der Waals surface area contributed by atoms with E-state index in [1.807, 2.05) is 19.9 Å². The summed E-state index contributed by atoms with van der Waals surface area (Å²) in [5.41, 5.74) is 6.44. The number of benzene rings is 3. The average Bonchev–Trinajstić information content (AvgIpc) is 3.70. The van der Waals surface area contributed by atoms with Gasteiger partial charge < -0.3 is 35.1 Å². The lowest BCUT2D eigenvalue weighted by Gasteiger charge is -2.16. The van der Waals surface area contributed by atoms with Gasteiger partial charge in [-0.25, -0.2) is 9.07 Å². The summed E-state index contributed by atoms with van der Waals surface area (Å²) in [7, 11) is 3.24. The van der Waals surface area contributed by atoms with Crippen molar-refractivity contribution in [1.29, 1.82) is 0 Å². The molecule has 1 saturated heterocycles. The number of pyridine rings is 1. The molecule has 6 rings (SSSR count). The molecule has 1 atom stereocenters. The van der Waals surface area contributed by atoms with Gasteiger partial charge in [-0.05, 0) is 62.2 Å². The molecule has 5 aromatic rings. The third-order valence-corrected chi connectivity index (χ3v) is 7.63. The number of methoxy groups -OCH3 is 1. The summed E-state index contributed by atoms with van der Waals surface area (Å²) in [4.78, 5) is 39.1. The fraction of sp³-hybridized carbons (Fsp3) is 0.297. The molecule has 51 heavy (non-hydrogen) atoms. The number of aromatic nitrogens is 3. The van der Waals surface area contributed by atoms with Crippen LogP contribution in [0.25, 0.3) is 16.6 Å². The third-order valence-electron chi connectivity index (χ3n) is 7.63. The van der Waals surface area contributed by atoms with Crippen LogP contribution in [0.5, 0.6) is 23.0 Å². The zero-order valence-corrected chi connectivity index (χ0v) is 29.1. The summed E-state index contributed by atoms with van der Waals surface area (Å²) in [5.74, 6) is -0.0464. The zero-order valence-electron chi connectivity index (χ0n) is 29.1. The van der Waals surface area contributed by atoms with E-state index in [2.05, 4.69) is 10.3 Å². The Bertz CT molecular complexity index is 2000. The Morgan fingerprint density at radius 1 is 1.12 bits per heavy atom. The van der Waals surface area contributed by atoms with Crippen LogP contribution >= 0.6 is 0 Å². The second kappa shape index (κ2) is 17.8. The highest BCUT2D eigenvalue weighted by Crippen LogP contribution is 2.38. The van der Waals surface area contributed by atoms with E-state index in [1.54, 1.807) is 67.3 Å². The maximum Gasteiger partial charge on any atom is 0.290 e. The average molecular weight is 704 g/mol. The zero-order chi connectivity index (χ0) is 37.1. The number of nitrogens with one attached hydrogen (secondary N) is 1. The molecule has 3 aromatic carbocycles. The fourth-order valence-corrected chi connectivity index (χ4v) is 5.25. The number of nitrogens with two attached hydrogens (primary N) is 1. The topological polar surface area (TPSA) is 169 Å². The summed E-state index contributed by atoms with van der Waals surface area (Å²) in [6, 6.07) is 18.5. The maximum absolute atomic E-state index is 15.3. The molecular weight excluding hydrogens is 661 g/mol. The van der Waals surface area contributed by atoms with Gasteiger partial charge in [-0.1, -0.05) is 32.0 Å². The van der Waals surface area contributed by atoms with Crippen LogP contribution in [0.3, 0.4) is 0 Å². The molecule has 0 aliphatic carbocycles. The minimum Gasteiger partial charge on any atom is -0.493 e. The molecule has 1 unspecified atom stereocenters. The molecular formula is C37H42FN5O8. The van der Waals surface area contributed by atoms with Crippen molar-refractivity contribution in [2.75, 3.05) is 25.6 Å². The lowest BCUT2D eigenvalue weighted by molar-refractivity contribution is -0.122. The standard InChI is InChI=1S/C33H31FN4O6.C3H9N.CH2O2/c1-20-31(33(40)38(37(20)2)22-8-5-4-6-9-22)32(39)36-21-11-12-28(25(34)16-21)44-27-13-14-35-26-18-30(29(41-3)17-24(26)27)43-19-23-10-7-15-42-23;1-3(2)4;2-1-3/h4-6,8-9,11-14,16-18,23H,7,10,15,19H2,1-3H3,(H,36,39);3H,4H2,1-2H3;1H,(H,2,3). The highest BCUT2D eigenvalue weighted by atomic mass is 19.1. The second-order valence-corrected chi connectivity index (χ2v) is 11.8. The SMILES string of the molecule is CC(C)N.COc1cc2c(Oc3ccc(NC(=O)c4c(C)n(C)n(-c5ccccc5)c4=O)cc3F)ccnc2cc1OCC1CCCO1.O=CO. The molecule has 0 bridgehead atoms. The molecule has 0 saturated carbocycles. The molecule has 1 aliphatic rings. The fourth-order valence-electron chi connectivity index (χ4n) is 5.25. The summed E-state index contributed by atoms with van der Waals surface area (Å²) in [5, 5.41) is 10.1. The van der Waals surface area contributed by atoms with Gasteiger partial charge in [0.25, 0.3) is 17.9 Å². The van der Waals surface area contributed by atoms with E-state index in [-0.39, 0.29) is 29.6 Å². The summed E-state index contributed by atoms with van der Waals surface area (Å²) >= 11 is 0. The van der Waals surface area contributed by atoms with Gasteiger partial charge in [-0.15, -0.1) is 0 Å². The van der Waals surface area contributed by atoms with Crippen molar-refractivity contribution in [2.24, 2.45) is 12.8 Å². The molecule has 3 heterocycles. The number of anilines is 1. The largest absolute Gasteiger partial charge is 0.493 e. The first kappa shape index (κ1) is 38.1. The number of hydrogen-bond acceptors (Lipinski definition) is 9. The van der Waals surface area contributed by atoms with Crippen LogP contribution in [0.2, 0.25) is 0 Å². The van der Waals surface area contributed by atoms with Crippen LogP contribution in [0.15, 0.2) is 77.7 Å². The molecule has 14 heteroatoms. The van der Waals surface area contributed by atoms with Crippen LogP contribution in [-0.4, -0.2) is 64.3 Å². The van der Waals surface area contributed by atoms with E-state index in [9.17, 15) is 9.59 Å². The molecule has 1 fully saturated rings. The van der Waals surface area contributed by atoms with Gasteiger partial charge in [0.1, 0.15) is 17.9 Å². The number of nitrogens with zero attached hydrogens (tertiary/aromatic N) is 3. The van der Waals surface area contributed by atoms with E-state index < -0.39 is 17.3 Å². The minimum atomic E-state index is -0.706. The lowest BCUT2D eigenvalue weighted by Crippen LogP contribution is -2.25. The molecule has 0 radical (unpaired) electrons. The maximum atomic E-state index is 15.3. The van der Waals surface area contributed by atoms with Crippen molar-refractivity contribution in [1.82, 2.24) is 14.3 Å². The van der Waals surface area contributed by atoms with Gasteiger partial charge in [0.15, 0.2) is 23.1 Å². The summed E-state index contributed by atoms with van der Waals surface area (Å²) < 4.78 is 41.4. The van der Waals surface area contributed by atoms with E-state index in [0.29, 0.717) is 52.2 Å². The van der Waals surface area contributed by atoms with Crippen molar-refractivity contribution in [3.05, 3.63) is 100 Å². The number of hydrogen-bond donors (Lipinski definition) is 3. The summed E-state index contributed by atoms with van der Waals surface area (Å²) in [6.07, 6.45) is 3.56. The number of carbonyl (C=O) groups is 2. The Morgan fingerprint density at radius 2 is 1.82 bits per heavy atom. The van der Waals surface area contributed by atoms with E-state index >= 15 is 4.39 Å². The molecule has 2 aromatic heterocycles. The Labute approximate surface area is 294 Å². The van der Waals surface area contributed by atoms with Gasteiger partial charge in [0, 0.05) is 43.1 Å². The quantitative estimate of drug-likeness (QED) is 0.159. The molecule has 270 valence electrons. The number of carboxylic acid groups (broad SMARTS) is 1. The summed E-state index contributed by atoms with van der Waals surface area (Å²) in [6.45, 7) is 6.46. The van der Waals surface area contributed by atoms with Crippen molar-refractivity contribution in [2.45, 2.75) is 45.8 Å². The van der Waals surface area contributed by atoms with Crippen LogP contribution in [-0.2, 0) is 16.6 Å². The molecule has 1 aliphatic heterocycles. The Morgan fingerprint density at radius 3 is 2.45 bits per heavy atom. The number of ether oxygens (including phenoxy) is 4. The predicted molar refractivity (Wildman–Crippen MR) is 191 cm³/mol. The number of para-hydroxylation sites is 1. The number of amides is 1. The molecule has 1 amide bonds. The number of halogens is 1. The van der Waals surface area contributed by atoms with E-state index in [0.717, 1.165) is 25.5 Å². The monoisotopic (exact) mass is 703 g/mol. The van der Waals surface area contributed by atoms with Gasteiger partial charge in [0.2, 0.25) is 0 Å². The van der Waals surface area contributed by atoms with E-state index in [1.165, 1.54) is 23.9 Å². The van der Waals surface area contributed by atoms with Gasteiger partial charge in [-0.2, -0.15) is 0 Å². The van der Waals surface area contributed by atoms with Gasteiger partial charge in [0.05, 0.1) is 30.1 Å². The minimum absolute atomic E-state index is 0.0339. The first-order chi connectivity index (χ1) is 24.5. The highest BCUT2D eigenvalue weighted by Gasteiger charge is 2.23. The van der Waals surface area contributed by atoms with E-state index in [4.69, 9.17) is 34.6 Å². The van der Waals surface area contributed by atoms with Crippen molar-refractivity contribution in [3.8, 4) is 28.7 Å². The van der Waals surface area contributed by atoms with Gasteiger partial charge in [-0.3, -0.25) is 24.0 Å². The van der Waals surface area contributed by atoms with Crippen molar-refractivity contribution >= 4 is 29.0 Å². The molecule has 4 N–H and O–H groups in total. The first-order valence-electron chi connectivity index (χ1n) is 16.2. The van der Waals surface area contributed by atoms with Crippen LogP contribution in [0.1, 0.15) is 42.7 Å². The smallest absolute Gasteiger partial charge is 0.290 e. The number of carbonyl (C=O) groups excluding carboxylic acids is 1. The lowest BCUT2D eigenvalue weighted by atomic mass is 10.1. The first-order valence-corrected chi connectivity index (χ1v) is 16.2. The molecule has 13 nitrogen and oxygen atoms in total. The van der Waals surface area contributed by atoms with Crippen LogP contribution in [0, 0.1) is 12.7 Å². The Balaban J connectivity index is 0.000000767. The Kier molecular flexibility index (Phi) is 13.3. The Hall–Kier alpha value is -5.73. The normalized spacial score (nSPS) is 13.5. The molecule has 0 spiro atoms. The van der Waals surface area contributed by atoms with Crippen molar-refractivity contribution < 1.29 is 38.0 Å². The third kappa shape index (κ3) is 9.50. The number of rotatable bonds is 9. The predicted octanol–water partition coefficient (Wildman–Crippen LogP) is 5.84. The highest BCUT2D eigenvalue weighted by molar-refractivity contribution is 6.05. The van der Waals surface area contributed by atoms with Crippen molar-refractivity contribution in [3.63, 3.8) is 0 Å². The van der Waals surface area contributed by atoms with Gasteiger partial charge >= 0.3 is 0 Å². The number of fused-ring (bicyclic) bond motifs is 1.